The standard InChI is InChI=1S/C24H33BN4O4/c1-6-18-11-12-20(29(18)21(31)14-26-15-30)22-27-13-19(28-22)16-7-9-17(10-8-16)25-32-23(2,3)24(4,5)33-25/h7-10,13,15,18,20H,6,11-12,14H2,1-5H3,(H,26,30)(H,27,28). The number of nitrogens with one attached hydrogen (secondary N) is 2. The lowest BCUT2D eigenvalue weighted by Crippen LogP contribution is -2.42. The van der Waals surface area contributed by atoms with E-state index in [-0.39, 0.29) is 35.7 Å². The zero-order valence-electron chi connectivity index (χ0n) is 20.1. The summed E-state index contributed by atoms with van der Waals surface area (Å²) >= 11 is 0. The second kappa shape index (κ2) is 8.95. The van der Waals surface area contributed by atoms with E-state index in [1.54, 1.807) is 0 Å². The lowest BCUT2D eigenvalue weighted by atomic mass is 9.79. The van der Waals surface area contributed by atoms with Gasteiger partial charge >= 0.3 is 7.12 Å². The number of likely N-dealkylation sites (tertiary alicyclic amines) is 1. The van der Waals surface area contributed by atoms with E-state index in [4.69, 9.17) is 9.31 Å². The Kier molecular flexibility index (Phi) is 6.38. The van der Waals surface area contributed by atoms with Gasteiger partial charge in [-0.1, -0.05) is 31.2 Å². The summed E-state index contributed by atoms with van der Waals surface area (Å²) in [4.78, 5) is 33.3. The number of H-pyrrole nitrogens is 1. The van der Waals surface area contributed by atoms with E-state index >= 15 is 0 Å². The van der Waals surface area contributed by atoms with E-state index in [2.05, 4.69) is 22.2 Å². The highest BCUT2D eigenvalue weighted by Gasteiger charge is 2.51. The largest absolute Gasteiger partial charge is 0.494 e. The van der Waals surface area contributed by atoms with Crippen molar-refractivity contribution in [3.8, 4) is 11.3 Å². The van der Waals surface area contributed by atoms with Crippen LogP contribution >= 0.6 is 0 Å². The molecule has 4 rings (SSSR count). The molecule has 2 amide bonds. The van der Waals surface area contributed by atoms with Gasteiger partial charge in [0.1, 0.15) is 5.82 Å². The lowest BCUT2D eigenvalue weighted by molar-refractivity contribution is -0.134. The molecule has 2 aliphatic heterocycles. The second-order valence-corrected chi connectivity index (χ2v) is 9.85. The van der Waals surface area contributed by atoms with Gasteiger partial charge in [0.2, 0.25) is 12.3 Å². The van der Waals surface area contributed by atoms with Crippen molar-refractivity contribution in [1.29, 1.82) is 0 Å². The van der Waals surface area contributed by atoms with Gasteiger partial charge in [-0.2, -0.15) is 0 Å². The van der Waals surface area contributed by atoms with Crippen LogP contribution in [0.4, 0.5) is 0 Å². The zero-order chi connectivity index (χ0) is 23.8. The number of imidazole rings is 1. The predicted octanol–water partition coefficient (Wildman–Crippen LogP) is 2.56. The molecule has 3 heterocycles. The van der Waals surface area contributed by atoms with Gasteiger partial charge in [0.15, 0.2) is 0 Å². The molecule has 1 aromatic heterocycles. The van der Waals surface area contributed by atoms with Crippen molar-refractivity contribution in [2.45, 2.75) is 77.2 Å². The summed E-state index contributed by atoms with van der Waals surface area (Å²) < 4.78 is 12.3. The highest BCUT2D eigenvalue weighted by atomic mass is 16.7. The fraction of sp³-hybridized carbons (Fsp3) is 0.542. The number of carbonyl (C=O) groups is 2. The Morgan fingerprint density at radius 1 is 1.21 bits per heavy atom. The van der Waals surface area contributed by atoms with E-state index in [1.807, 2.05) is 63.1 Å². The number of aromatic amines is 1. The average molecular weight is 452 g/mol. The number of amides is 2. The topological polar surface area (TPSA) is 96.6 Å². The Hall–Kier alpha value is -2.65. The van der Waals surface area contributed by atoms with Gasteiger partial charge in [0, 0.05) is 6.04 Å². The van der Waals surface area contributed by atoms with Crippen LogP contribution in [-0.4, -0.2) is 58.1 Å². The van der Waals surface area contributed by atoms with Crippen molar-refractivity contribution in [2.75, 3.05) is 6.54 Å². The van der Waals surface area contributed by atoms with E-state index in [0.717, 1.165) is 41.8 Å². The molecule has 9 heteroatoms. The fourth-order valence-electron chi connectivity index (χ4n) is 4.60. The van der Waals surface area contributed by atoms with E-state index < -0.39 is 7.12 Å². The molecule has 2 aliphatic rings. The summed E-state index contributed by atoms with van der Waals surface area (Å²) in [6.07, 6.45) is 5.01. The monoisotopic (exact) mass is 452 g/mol. The molecule has 2 fully saturated rings. The number of benzene rings is 1. The van der Waals surface area contributed by atoms with Crippen LogP contribution in [0.2, 0.25) is 0 Å². The van der Waals surface area contributed by atoms with Crippen molar-refractivity contribution >= 4 is 24.9 Å². The van der Waals surface area contributed by atoms with Crippen molar-refractivity contribution in [1.82, 2.24) is 20.2 Å². The molecule has 0 radical (unpaired) electrons. The highest BCUT2D eigenvalue weighted by Crippen LogP contribution is 2.38. The fourth-order valence-corrected chi connectivity index (χ4v) is 4.60. The molecule has 2 unspecified atom stereocenters. The first-order chi connectivity index (χ1) is 15.7. The quantitative estimate of drug-likeness (QED) is 0.497. The minimum absolute atomic E-state index is 0.00441. The molecule has 0 bridgehead atoms. The number of nitrogens with zero attached hydrogens (tertiary/aromatic N) is 2. The van der Waals surface area contributed by atoms with Crippen LogP contribution in [0.15, 0.2) is 30.5 Å². The van der Waals surface area contributed by atoms with Gasteiger partial charge in [-0.15, -0.1) is 0 Å². The third-order valence-electron chi connectivity index (χ3n) is 7.26. The molecular weight excluding hydrogens is 419 g/mol. The maximum absolute atomic E-state index is 12.7. The number of aromatic nitrogens is 2. The van der Waals surface area contributed by atoms with Crippen molar-refractivity contribution < 1.29 is 18.9 Å². The third-order valence-corrected chi connectivity index (χ3v) is 7.26. The van der Waals surface area contributed by atoms with Gasteiger partial charge < -0.3 is 24.5 Å². The molecule has 2 N–H and O–H groups in total. The first-order valence-corrected chi connectivity index (χ1v) is 11.7. The van der Waals surface area contributed by atoms with Gasteiger partial charge in [-0.25, -0.2) is 4.98 Å². The molecule has 33 heavy (non-hydrogen) atoms. The smallest absolute Gasteiger partial charge is 0.399 e. The maximum Gasteiger partial charge on any atom is 0.494 e. The zero-order valence-corrected chi connectivity index (χ0v) is 20.1. The van der Waals surface area contributed by atoms with Crippen LogP contribution in [0.3, 0.4) is 0 Å². The molecule has 0 saturated carbocycles. The minimum Gasteiger partial charge on any atom is -0.399 e. The molecule has 2 saturated heterocycles. The molecular formula is C24H33BN4O4. The first kappa shape index (κ1) is 23.5. The first-order valence-electron chi connectivity index (χ1n) is 11.7. The van der Waals surface area contributed by atoms with E-state index in [1.165, 1.54) is 0 Å². The molecule has 0 spiro atoms. The van der Waals surface area contributed by atoms with Crippen molar-refractivity contribution in [3.63, 3.8) is 0 Å². The molecule has 2 atom stereocenters. The SMILES string of the molecule is CCC1CCC(c2ncc(-c3ccc(B4OC(C)(C)C(C)(C)O4)cc3)[nH]2)N1C(=O)CNC=O. The highest BCUT2D eigenvalue weighted by molar-refractivity contribution is 6.62. The summed E-state index contributed by atoms with van der Waals surface area (Å²) in [7, 11) is -0.398. The molecule has 176 valence electrons. The number of hydrogen-bond acceptors (Lipinski definition) is 5. The van der Waals surface area contributed by atoms with Gasteiger partial charge in [0.05, 0.1) is 35.7 Å². The Bertz CT molecular complexity index is 988. The van der Waals surface area contributed by atoms with Crippen LogP contribution in [0.1, 0.15) is 65.7 Å². The van der Waals surface area contributed by atoms with Crippen molar-refractivity contribution in [2.24, 2.45) is 0 Å². The number of carbonyl (C=O) groups excluding carboxylic acids is 2. The predicted molar refractivity (Wildman–Crippen MR) is 127 cm³/mol. The number of hydrogen-bond donors (Lipinski definition) is 2. The van der Waals surface area contributed by atoms with E-state index in [0.29, 0.717) is 6.41 Å². The Labute approximate surface area is 195 Å². The van der Waals surface area contributed by atoms with Crippen LogP contribution in [0.5, 0.6) is 0 Å². The summed E-state index contributed by atoms with van der Waals surface area (Å²) in [6, 6.07) is 8.12. The van der Waals surface area contributed by atoms with E-state index in [9.17, 15) is 9.59 Å². The normalized spacial score (nSPS) is 23.7. The maximum atomic E-state index is 12.7. The Morgan fingerprint density at radius 2 is 1.88 bits per heavy atom. The molecule has 8 nitrogen and oxygen atoms in total. The summed E-state index contributed by atoms with van der Waals surface area (Å²) in [5.74, 6) is 0.691. The van der Waals surface area contributed by atoms with Gasteiger partial charge in [0.25, 0.3) is 0 Å². The minimum atomic E-state index is -0.398. The van der Waals surface area contributed by atoms with Crippen LogP contribution in [0.25, 0.3) is 11.3 Å². The average Bonchev–Trinajstić information content (AvgIpc) is 3.48. The summed E-state index contributed by atoms with van der Waals surface area (Å²) in [6.45, 7) is 10.3. The van der Waals surface area contributed by atoms with Gasteiger partial charge in [-0.05, 0) is 58.0 Å². The van der Waals surface area contributed by atoms with Crippen LogP contribution in [-0.2, 0) is 18.9 Å². The van der Waals surface area contributed by atoms with Gasteiger partial charge in [-0.3, -0.25) is 9.59 Å². The van der Waals surface area contributed by atoms with Crippen molar-refractivity contribution in [3.05, 3.63) is 36.3 Å². The Morgan fingerprint density at radius 3 is 2.48 bits per heavy atom. The Balaban J connectivity index is 1.50. The van der Waals surface area contributed by atoms with Crippen LogP contribution < -0.4 is 10.8 Å². The third kappa shape index (κ3) is 4.44. The molecule has 2 aromatic rings. The second-order valence-electron chi connectivity index (χ2n) is 9.85. The van der Waals surface area contributed by atoms with Crippen LogP contribution in [0, 0.1) is 0 Å². The molecule has 1 aromatic carbocycles. The summed E-state index contributed by atoms with van der Waals surface area (Å²) in [5.41, 5.74) is 2.11. The lowest BCUT2D eigenvalue weighted by Gasteiger charge is -2.32. The molecule has 0 aliphatic carbocycles. The number of rotatable bonds is 7. The summed E-state index contributed by atoms with van der Waals surface area (Å²) in [5, 5.41) is 2.49.